The van der Waals surface area contributed by atoms with Crippen molar-refractivity contribution in [3.8, 4) is 11.5 Å². The molecule has 2 amide bonds. The minimum Gasteiger partial charge on any atom is -0.486 e. The van der Waals surface area contributed by atoms with E-state index in [4.69, 9.17) is 9.47 Å². The Bertz CT molecular complexity index is 1200. The molecular weight excluding hydrogens is 532 g/mol. The molecule has 1 atom stereocenters. The Hall–Kier alpha value is -3.32. The van der Waals surface area contributed by atoms with Gasteiger partial charge in [0, 0.05) is 29.9 Å². The first-order chi connectivity index (χ1) is 17.9. The molecule has 0 bridgehead atoms. The highest BCUT2D eigenvalue weighted by Crippen LogP contribution is 2.31. The lowest BCUT2D eigenvalue weighted by Gasteiger charge is -2.32. The van der Waals surface area contributed by atoms with Gasteiger partial charge >= 0.3 is 0 Å². The highest BCUT2D eigenvalue weighted by Gasteiger charge is 2.30. The van der Waals surface area contributed by atoms with Crippen LogP contribution in [-0.2, 0) is 29.0 Å². The minimum atomic E-state index is -0.638. The normalized spacial score (nSPS) is 13.2. The van der Waals surface area contributed by atoms with Crippen molar-refractivity contribution in [3.63, 3.8) is 0 Å². The molecule has 194 valence electrons. The van der Waals surface area contributed by atoms with Crippen molar-refractivity contribution < 1.29 is 19.1 Å². The molecular formula is C30H33BrN2O4. The number of ether oxygens (including phenoxy) is 2. The molecule has 0 unspecified atom stereocenters. The molecule has 0 radical (unpaired) electrons. The fourth-order valence-corrected chi connectivity index (χ4v) is 4.62. The highest BCUT2D eigenvalue weighted by molar-refractivity contribution is 9.10. The van der Waals surface area contributed by atoms with Crippen LogP contribution in [0.25, 0.3) is 0 Å². The van der Waals surface area contributed by atoms with Crippen LogP contribution >= 0.6 is 15.9 Å². The van der Waals surface area contributed by atoms with Gasteiger partial charge in [0.25, 0.3) is 0 Å². The molecule has 0 spiro atoms. The maximum atomic E-state index is 13.8. The van der Waals surface area contributed by atoms with E-state index in [1.165, 1.54) is 0 Å². The van der Waals surface area contributed by atoms with Crippen molar-refractivity contribution in [2.45, 2.75) is 51.7 Å². The van der Waals surface area contributed by atoms with Gasteiger partial charge in [-0.2, -0.15) is 0 Å². The van der Waals surface area contributed by atoms with E-state index in [1.54, 1.807) is 4.90 Å². The third-order valence-corrected chi connectivity index (χ3v) is 6.73. The van der Waals surface area contributed by atoms with Gasteiger partial charge in [-0.25, -0.2) is 0 Å². The van der Waals surface area contributed by atoms with E-state index in [0.717, 1.165) is 26.9 Å². The van der Waals surface area contributed by atoms with E-state index in [9.17, 15) is 9.59 Å². The van der Waals surface area contributed by atoms with Crippen LogP contribution in [0.3, 0.4) is 0 Å². The second kappa shape index (κ2) is 12.8. The van der Waals surface area contributed by atoms with Crippen molar-refractivity contribution in [2.75, 3.05) is 13.2 Å². The highest BCUT2D eigenvalue weighted by atomic mass is 79.9. The van der Waals surface area contributed by atoms with Gasteiger partial charge in [0.2, 0.25) is 11.8 Å². The lowest BCUT2D eigenvalue weighted by atomic mass is 10.0. The number of benzene rings is 3. The lowest BCUT2D eigenvalue weighted by molar-refractivity contribution is -0.141. The van der Waals surface area contributed by atoms with Crippen LogP contribution in [-0.4, -0.2) is 42.0 Å². The Morgan fingerprint density at radius 2 is 1.57 bits per heavy atom. The van der Waals surface area contributed by atoms with Crippen LogP contribution in [0.4, 0.5) is 0 Å². The first-order valence-corrected chi connectivity index (χ1v) is 13.4. The van der Waals surface area contributed by atoms with Gasteiger partial charge in [-0.1, -0.05) is 64.5 Å². The molecule has 6 nitrogen and oxygen atoms in total. The monoisotopic (exact) mass is 564 g/mol. The Morgan fingerprint density at radius 3 is 2.27 bits per heavy atom. The smallest absolute Gasteiger partial charge is 0.243 e. The van der Waals surface area contributed by atoms with Gasteiger partial charge in [0.05, 0.1) is 0 Å². The molecule has 0 aliphatic carbocycles. The van der Waals surface area contributed by atoms with Crippen LogP contribution in [0.2, 0.25) is 0 Å². The number of hydrogen-bond donors (Lipinski definition) is 1. The summed E-state index contributed by atoms with van der Waals surface area (Å²) in [6.45, 7) is 5.26. The Morgan fingerprint density at radius 1 is 0.892 bits per heavy atom. The fourth-order valence-electron chi connectivity index (χ4n) is 4.36. The molecule has 0 aromatic heterocycles. The number of nitrogens with zero attached hydrogens (tertiary/aromatic N) is 1. The van der Waals surface area contributed by atoms with Crippen LogP contribution < -0.4 is 14.8 Å². The second-order valence-electron chi connectivity index (χ2n) is 9.49. The van der Waals surface area contributed by atoms with E-state index in [1.807, 2.05) is 86.6 Å². The number of aryl methyl sites for hydroxylation is 1. The maximum absolute atomic E-state index is 13.8. The van der Waals surface area contributed by atoms with Crippen molar-refractivity contribution in [1.29, 1.82) is 0 Å². The Kier molecular flexibility index (Phi) is 9.23. The average molecular weight is 566 g/mol. The maximum Gasteiger partial charge on any atom is 0.243 e. The molecule has 4 rings (SSSR count). The van der Waals surface area contributed by atoms with Crippen LogP contribution in [0, 0.1) is 0 Å². The van der Waals surface area contributed by atoms with Gasteiger partial charge in [0.1, 0.15) is 19.3 Å². The molecule has 1 aliphatic heterocycles. The van der Waals surface area contributed by atoms with Gasteiger partial charge in [0.15, 0.2) is 11.5 Å². The van der Waals surface area contributed by atoms with Crippen molar-refractivity contribution in [3.05, 3.63) is 94.0 Å². The first-order valence-electron chi connectivity index (χ1n) is 12.7. The number of fused-ring (bicyclic) bond motifs is 1. The largest absolute Gasteiger partial charge is 0.486 e. The van der Waals surface area contributed by atoms with Crippen molar-refractivity contribution in [2.24, 2.45) is 0 Å². The topological polar surface area (TPSA) is 67.9 Å². The summed E-state index contributed by atoms with van der Waals surface area (Å²) in [4.78, 5) is 28.9. The molecule has 3 aromatic carbocycles. The van der Waals surface area contributed by atoms with Gasteiger partial charge in [-0.3, -0.25) is 9.59 Å². The molecule has 37 heavy (non-hydrogen) atoms. The predicted molar refractivity (Wildman–Crippen MR) is 148 cm³/mol. The van der Waals surface area contributed by atoms with E-state index < -0.39 is 6.04 Å². The van der Waals surface area contributed by atoms with Crippen LogP contribution in [0.1, 0.15) is 37.0 Å². The minimum absolute atomic E-state index is 0.0341. The average Bonchev–Trinajstić information content (AvgIpc) is 2.90. The quantitative estimate of drug-likeness (QED) is 0.362. The molecule has 0 saturated heterocycles. The third-order valence-electron chi connectivity index (χ3n) is 6.20. The molecule has 0 saturated carbocycles. The van der Waals surface area contributed by atoms with Gasteiger partial charge < -0.3 is 19.7 Å². The van der Waals surface area contributed by atoms with Gasteiger partial charge in [-0.05, 0) is 61.2 Å². The number of carbonyl (C=O) groups excluding carboxylic acids is 2. The number of rotatable bonds is 10. The summed E-state index contributed by atoms with van der Waals surface area (Å²) in [6, 6.07) is 22.8. The van der Waals surface area contributed by atoms with Gasteiger partial charge in [-0.15, -0.1) is 0 Å². The summed E-state index contributed by atoms with van der Waals surface area (Å²) in [5, 5.41) is 3.03. The third kappa shape index (κ3) is 7.59. The zero-order chi connectivity index (χ0) is 26.2. The van der Waals surface area contributed by atoms with Crippen LogP contribution in [0.15, 0.2) is 77.3 Å². The summed E-state index contributed by atoms with van der Waals surface area (Å²) in [6.07, 6.45) is 1.25. The summed E-state index contributed by atoms with van der Waals surface area (Å²) < 4.78 is 12.3. The summed E-state index contributed by atoms with van der Waals surface area (Å²) in [5.74, 6) is 1.22. The lowest BCUT2D eigenvalue weighted by Crippen LogP contribution is -2.51. The van der Waals surface area contributed by atoms with E-state index >= 15 is 0 Å². The first kappa shape index (κ1) is 26.7. The van der Waals surface area contributed by atoms with E-state index in [0.29, 0.717) is 38.3 Å². The SMILES string of the molecule is CC(C)NC(=O)[C@@H](Cc1ccccc1)N(Cc1ccc(Br)cc1)C(=O)CCc1ccc2c(c1)OCCO2. The number of carbonyl (C=O) groups is 2. The van der Waals surface area contributed by atoms with Crippen molar-refractivity contribution >= 4 is 27.7 Å². The van der Waals surface area contributed by atoms with E-state index in [2.05, 4.69) is 21.2 Å². The zero-order valence-corrected chi connectivity index (χ0v) is 22.9. The summed E-state index contributed by atoms with van der Waals surface area (Å²) >= 11 is 3.48. The van der Waals surface area contributed by atoms with E-state index in [-0.39, 0.29) is 24.3 Å². The Balaban J connectivity index is 1.58. The number of hydrogen-bond acceptors (Lipinski definition) is 4. The second-order valence-corrected chi connectivity index (χ2v) is 10.4. The molecule has 1 aliphatic rings. The molecule has 1 N–H and O–H groups in total. The summed E-state index contributed by atoms with van der Waals surface area (Å²) in [5.41, 5.74) is 2.96. The molecule has 7 heteroatoms. The summed E-state index contributed by atoms with van der Waals surface area (Å²) in [7, 11) is 0. The molecule has 1 heterocycles. The molecule has 3 aromatic rings. The molecule has 0 fully saturated rings. The fraction of sp³-hybridized carbons (Fsp3) is 0.333. The van der Waals surface area contributed by atoms with Crippen LogP contribution in [0.5, 0.6) is 11.5 Å². The number of nitrogens with one attached hydrogen (secondary N) is 1. The number of amides is 2. The number of halogens is 1. The standard InChI is InChI=1S/C30H33BrN2O4/c1-21(2)32-30(35)26(18-22-6-4-3-5-7-22)33(20-24-8-12-25(31)13-9-24)29(34)15-11-23-10-14-27-28(19-23)37-17-16-36-27/h3-10,12-14,19,21,26H,11,15-18,20H2,1-2H3,(H,32,35)/t26-/m1/s1. The zero-order valence-electron chi connectivity index (χ0n) is 21.3. The Labute approximate surface area is 227 Å². The predicted octanol–water partition coefficient (Wildman–Crippen LogP) is 5.32. The van der Waals surface area contributed by atoms with Crippen molar-refractivity contribution in [1.82, 2.24) is 10.2 Å².